The van der Waals surface area contributed by atoms with Crippen LogP contribution in [-0.4, -0.2) is 32.0 Å². The minimum Gasteiger partial charge on any atom is -0.460 e. The highest BCUT2D eigenvalue weighted by molar-refractivity contribution is 7.15. The van der Waals surface area contributed by atoms with E-state index in [-0.39, 0.29) is 12.4 Å². The largest absolute Gasteiger partial charge is 0.460 e. The van der Waals surface area contributed by atoms with Crippen molar-refractivity contribution in [1.29, 1.82) is 0 Å². The summed E-state index contributed by atoms with van der Waals surface area (Å²) in [5, 5.41) is 10.6. The first-order chi connectivity index (χ1) is 15.1. The van der Waals surface area contributed by atoms with Crippen LogP contribution in [0, 0.1) is 13.8 Å². The van der Waals surface area contributed by atoms with Gasteiger partial charge in [-0.2, -0.15) is 0 Å². The molecule has 0 fully saturated rings. The number of halogens is 1. The fourth-order valence-electron chi connectivity index (χ4n) is 3.82. The van der Waals surface area contributed by atoms with Gasteiger partial charge in [-0.05, 0) is 52.3 Å². The van der Waals surface area contributed by atoms with E-state index in [0.717, 1.165) is 34.1 Å². The summed E-state index contributed by atoms with van der Waals surface area (Å²) in [5.74, 6) is 1.20. The Bertz CT molecular complexity index is 1200. The maximum absolute atomic E-state index is 12.8. The Morgan fingerprint density at radius 2 is 1.88 bits per heavy atom. The Labute approximate surface area is 197 Å². The minimum absolute atomic E-state index is 0.0865. The molecule has 32 heavy (non-hydrogen) atoms. The fourth-order valence-corrected chi connectivity index (χ4v) is 5.14. The summed E-state index contributed by atoms with van der Waals surface area (Å²) in [4.78, 5) is 19.1. The Balaban J connectivity index is 1.93. The summed E-state index contributed by atoms with van der Waals surface area (Å²) in [5.41, 5.74) is 3.43. The van der Waals surface area contributed by atoms with Gasteiger partial charge in [0.2, 0.25) is 0 Å². The van der Waals surface area contributed by atoms with Crippen molar-refractivity contribution in [2.75, 3.05) is 0 Å². The highest BCUT2D eigenvalue weighted by Gasteiger charge is 2.33. The number of ether oxygens (including phenoxy) is 1. The lowest BCUT2D eigenvalue weighted by molar-refractivity contribution is -0.155. The molecule has 6 nitrogen and oxygen atoms in total. The van der Waals surface area contributed by atoms with E-state index in [1.165, 1.54) is 10.4 Å². The molecule has 0 N–H and O–H groups in total. The molecule has 168 valence electrons. The van der Waals surface area contributed by atoms with Crippen LogP contribution in [0.25, 0.3) is 5.00 Å². The standard InChI is InChI=1S/C24H27ClN4O2S/c1-7-18-27-28-22-17(12-19(30)31-24(4,5)6)26-21(15-8-10-16(25)11-9-15)20-13(2)14(3)32-23(20)29(18)22/h8-11,17H,7,12H2,1-6H3/t17-/m0/s1. The normalized spacial score (nSPS) is 15.6. The van der Waals surface area contributed by atoms with Crippen LogP contribution in [0.2, 0.25) is 5.02 Å². The van der Waals surface area contributed by atoms with Crippen LogP contribution in [0.3, 0.4) is 0 Å². The van der Waals surface area contributed by atoms with Crippen molar-refractivity contribution in [3.05, 3.63) is 62.5 Å². The molecule has 8 heteroatoms. The number of nitrogens with zero attached hydrogens (tertiary/aromatic N) is 4. The number of aryl methyl sites for hydroxylation is 2. The van der Waals surface area contributed by atoms with Crippen molar-refractivity contribution in [2.24, 2.45) is 4.99 Å². The van der Waals surface area contributed by atoms with Gasteiger partial charge in [0, 0.05) is 27.4 Å². The average molecular weight is 471 g/mol. The second kappa shape index (κ2) is 8.45. The number of benzene rings is 1. The number of rotatable bonds is 4. The van der Waals surface area contributed by atoms with E-state index in [9.17, 15) is 4.79 Å². The SMILES string of the molecule is CCc1nnc2n1-c1sc(C)c(C)c1C(c1ccc(Cl)cc1)=N[C@H]2CC(=O)OC(C)(C)C. The number of hydrogen-bond donors (Lipinski definition) is 0. The van der Waals surface area contributed by atoms with Crippen LogP contribution in [-0.2, 0) is 16.0 Å². The number of esters is 1. The molecule has 1 aliphatic rings. The summed E-state index contributed by atoms with van der Waals surface area (Å²) in [6, 6.07) is 7.14. The molecule has 3 aromatic rings. The van der Waals surface area contributed by atoms with E-state index in [4.69, 9.17) is 21.3 Å². The van der Waals surface area contributed by atoms with Gasteiger partial charge in [-0.1, -0.05) is 30.7 Å². The Morgan fingerprint density at radius 3 is 2.50 bits per heavy atom. The molecule has 4 rings (SSSR count). The number of carbonyl (C=O) groups excluding carboxylic acids is 1. The predicted molar refractivity (Wildman–Crippen MR) is 128 cm³/mol. The first-order valence-corrected chi connectivity index (χ1v) is 11.9. The number of thiophene rings is 1. The molecule has 0 saturated carbocycles. The lowest BCUT2D eigenvalue weighted by Crippen LogP contribution is -2.25. The summed E-state index contributed by atoms with van der Waals surface area (Å²) < 4.78 is 7.69. The quantitative estimate of drug-likeness (QED) is 0.453. The second-order valence-corrected chi connectivity index (χ2v) is 10.6. The van der Waals surface area contributed by atoms with Crippen molar-refractivity contribution < 1.29 is 9.53 Å². The van der Waals surface area contributed by atoms with E-state index in [1.54, 1.807) is 11.3 Å². The van der Waals surface area contributed by atoms with Gasteiger partial charge in [0.1, 0.15) is 22.5 Å². The third-order valence-corrected chi connectivity index (χ3v) is 6.80. The molecule has 1 aromatic carbocycles. The number of aliphatic imine (C=N–C) groups is 1. The topological polar surface area (TPSA) is 69.4 Å². The fraction of sp³-hybridized carbons (Fsp3) is 0.417. The Hall–Kier alpha value is -2.51. The van der Waals surface area contributed by atoms with Gasteiger partial charge in [0.25, 0.3) is 0 Å². The molecule has 0 unspecified atom stereocenters. The van der Waals surface area contributed by atoms with Gasteiger partial charge >= 0.3 is 5.97 Å². The van der Waals surface area contributed by atoms with Crippen molar-refractivity contribution >= 4 is 34.6 Å². The summed E-state index contributed by atoms with van der Waals surface area (Å²) in [6.45, 7) is 11.9. The zero-order valence-electron chi connectivity index (χ0n) is 19.2. The molecular formula is C24H27ClN4O2S. The second-order valence-electron chi connectivity index (χ2n) is 8.92. The van der Waals surface area contributed by atoms with E-state index in [2.05, 4.69) is 35.5 Å². The van der Waals surface area contributed by atoms with Gasteiger partial charge in [-0.25, -0.2) is 0 Å². The van der Waals surface area contributed by atoms with Crippen molar-refractivity contribution in [1.82, 2.24) is 14.8 Å². The van der Waals surface area contributed by atoms with E-state index < -0.39 is 11.6 Å². The minimum atomic E-state index is -0.570. The highest BCUT2D eigenvalue weighted by atomic mass is 35.5. The zero-order valence-corrected chi connectivity index (χ0v) is 20.8. The number of aromatic nitrogens is 3. The predicted octanol–water partition coefficient (Wildman–Crippen LogP) is 5.79. The average Bonchev–Trinajstić information content (AvgIpc) is 3.22. The summed E-state index contributed by atoms with van der Waals surface area (Å²) >= 11 is 7.85. The van der Waals surface area contributed by atoms with Crippen molar-refractivity contribution in [3.63, 3.8) is 0 Å². The molecule has 2 aromatic heterocycles. The summed E-state index contributed by atoms with van der Waals surface area (Å²) in [7, 11) is 0. The Morgan fingerprint density at radius 1 is 1.19 bits per heavy atom. The molecule has 0 amide bonds. The third kappa shape index (κ3) is 4.24. The van der Waals surface area contributed by atoms with Gasteiger partial charge in [-0.3, -0.25) is 14.4 Å². The van der Waals surface area contributed by atoms with Crippen LogP contribution < -0.4 is 0 Å². The number of carbonyl (C=O) groups is 1. The van der Waals surface area contributed by atoms with Crippen LogP contribution in [0.15, 0.2) is 29.3 Å². The molecule has 1 aliphatic heterocycles. The van der Waals surface area contributed by atoms with Crippen molar-refractivity contribution in [3.8, 4) is 5.00 Å². The van der Waals surface area contributed by atoms with Crippen LogP contribution in [0.1, 0.15) is 73.4 Å². The lowest BCUT2D eigenvalue weighted by Gasteiger charge is -2.21. The van der Waals surface area contributed by atoms with Gasteiger partial charge in [0.05, 0.1) is 12.1 Å². The van der Waals surface area contributed by atoms with E-state index >= 15 is 0 Å². The molecule has 1 atom stereocenters. The molecule has 0 saturated heterocycles. The lowest BCUT2D eigenvalue weighted by atomic mass is 9.99. The van der Waals surface area contributed by atoms with Crippen molar-refractivity contribution in [2.45, 2.75) is 66.0 Å². The molecule has 3 heterocycles. The molecule has 0 bridgehead atoms. The molecule has 0 aliphatic carbocycles. The third-order valence-electron chi connectivity index (χ3n) is 5.36. The maximum Gasteiger partial charge on any atom is 0.308 e. The van der Waals surface area contributed by atoms with Crippen LogP contribution >= 0.6 is 22.9 Å². The Kier molecular flexibility index (Phi) is 5.98. The van der Waals surface area contributed by atoms with Gasteiger partial charge in [-0.15, -0.1) is 21.5 Å². The van der Waals surface area contributed by atoms with E-state index in [1.807, 2.05) is 45.0 Å². The van der Waals surface area contributed by atoms with Crippen LogP contribution in [0.5, 0.6) is 0 Å². The molecular weight excluding hydrogens is 444 g/mol. The zero-order chi connectivity index (χ0) is 23.2. The van der Waals surface area contributed by atoms with E-state index in [0.29, 0.717) is 10.8 Å². The first-order valence-electron chi connectivity index (χ1n) is 10.7. The highest BCUT2D eigenvalue weighted by Crippen LogP contribution is 2.40. The maximum atomic E-state index is 12.8. The molecule has 0 spiro atoms. The smallest absolute Gasteiger partial charge is 0.308 e. The number of fused-ring (bicyclic) bond motifs is 3. The number of hydrogen-bond acceptors (Lipinski definition) is 6. The first kappa shape index (κ1) is 22.7. The van der Waals surface area contributed by atoms with Crippen LogP contribution in [0.4, 0.5) is 0 Å². The molecule has 0 radical (unpaired) electrons. The van der Waals surface area contributed by atoms with Gasteiger partial charge in [0.15, 0.2) is 5.82 Å². The summed E-state index contributed by atoms with van der Waals surface area (Å²) in [6.07, 6.45) is 0.807. The monoisotopic (exact) mass is 470 g/mol. The van der Waals surface area contributed by atoms with Gasteiger partial charge < -0.3 is 4.74 Å².